The Morgan fingerprint density at radius 3 is 2.56 bits per heavy atom. The van der Waals surface area contributed by atoms with E-state index in [9.17, 15) is 0 Å². The Bertz CT molecular complexity index is 542. The minimum atomic E-state index is -0.194. The summed E-state index contributed by atoms with van der Waals surface area (Å²) in [7, 11) is 0. The zero-order valence-electron chi connectivity index (χ0n) is 9.69. The van der Waals surface area contributed by atoms with Crippen LogP contribution in [0.15, 0.2) is 39.5 Å². The predicted octanol–water partition coefficient (Wildman–Crippen LogP) is 2.86. The quantitative estimate of drug-likeness (QED) is 0.643. The van der Waals surface area contributed by atoms with E-state index >= 15 is 0 Å². The van der Waals surface area contributed by atoms with Crippen LogP contribution in [-0.2, 0) is 0 Å². The van der Waals surface area contributed by atoms with Gasteiger partial charge in [-0.25, -0.2) is 5.43 Å². The summed E-state index contributed by atoms with van der Waals surface area (Å²) < 4.78 is 1.80. The maximum Gasteiger partial charge on any atom is 0.0907 e. The summed E-state index contributed by atoms with van der Waals surface area (Å²) in [6, 6.07) is 5.68. The fourth-order valence-electron chi connectivity index (χ4n) is 1.62. The van der Waals surface area contributed by atoms with Gasteiger partial charge in [-0.1, -0.05) is 6.07 Å². The van der Waals surface area contributed by atoms with Gasteiger partial charge in [0.1, 0.15) is 0 Å². The number of aromatic nitrogens is 2. The molecule has 0 aliphatic rings. The second-order valence-corrected chi connectivity index (χ2v) is 5.62. The van der Waals surface area contributed by atoms with Gasteiger partial charge in [0, 0.05) is 27.0 Å². The second kappa shape index (κ2) is 5.88. The van der Waals surface area contributed by atoms with Crippen LogP contribution < -0.4 is 11.3 Å². The van der Waals surface area contributed by atoms with Gasteiger partial charge in [-0.3, -0.25) is 15.8 Å². The average Bonchev–Trinajstić information content (AvgIpc) is 2.35. The Labute approximate surface area is 122 Å². The van der Waals surface area contributed by atoms with Crippen LogP contribution in [0.3, 0.4) is 0 Å². The number of hydrogen-bond acceptors (Lipinski definition) is 4. The number of hydrogen-bond donors (Lipinski definition) is 2. The van der Waals surface area contributed by atoms with Crippen molar-refractivity contribution in [3.8, 4) is 0 Å². The van der Waals surface area contributed by atoms with Crippen molar-refractivity contribution < 1.29 is 0 Å². The van der Waals surface area contributed by atoms with E-state index in [0.29, 0.717) is 0 Å². The van der Waals surface area contributed by atoms with Crippen molar-refractivity contribution in [2.24, 2.45) is 5.84 Å². The van der Waals surface area contributed by atoms with Crippen LogP contribution in [-0.4, -0.2) is 9.97 Å². The Morgan fingerprint density at radius 2 is 2.00 bits per heavy atom. The van der Waals surface area contributed by atoms with E-state index in [1.165, 1.54) is 0 Å². The van der Waals surface area contributed by atoms with Gasteiger partial charge in [0.05, 0.1) is 11.7 Å². The predicted molar refractivity (Wildman–Crippen MR) is 77.8 cm³/mol. The largest absolute Gasteiger partial charge is 0.271 e. The Balaban J connectivity index is 2.41. The van der Waals surface area contributed by atoms with Gasteiger partial charge in [0.25, 0.3) is 0 Å². The van der Waals surface area contributed by atoms with E-state index in [1.807, 2.05) is 25.1 Å². The molecule has 2 rings (SSSR count). The van der Waals surface area contributed by atoms with Crippen molar-refractivity contribution in [3.05, 3.63) is 56.5 Å². The summed E-state index contributed by atoms with van der Waals surface area (Å²) in [5.41, 5.74) is 5.53. The maximum absolute atomic E-state index is 5.63. The first-order chi connectivity index (χ1) is 8.61. The van der Waals surface area contributed by atoms with Crippen molar-refractivity contribution in [1.29, 1.82) is 0 Å². The van der Waals surface area contributed by atoms with Crippen molar-refractivity contribution in [1.82, 2.24) is 15.4 Å². The van der Waals surface area contributed by atoms with E-state index in [-0.39, 0.29) is 6.04 Å². The topological polar surface area (TPSA) is 63.8 Å². The number of nitrogens with zero attached hydrogens (tertiary/aromatic N) is 2. The van der Waals surface area contributed by atoms with Crippen LogP contribution in [0, 0.1) is 6.92 Å². The first kappa shape index (κ1) is 13.6. The number of aryl methyl sites for hydroxylation is 1. The summed E-state index contributed by atoms with van der Waals surface area (Å²) in [6.45, 7) is 1.95. The molecule has 0 aromatic carbocycles. The number of hydrazine groups is 1. The molecule has 3 N–H and O–H groups in total. The summed E-state index contributed by atoms with van der Waals surface area (Å²) >= 11 is 6.87. The number of rotatable bonds is 3. The second-order valence-electron chi connectivity index (χ2n) is 3.85. The molecule has 2 heterocycles. The zero-order chi connectivity index (χ0) is 13.1. The SMILES string of the molecule is Cc1ccc(C(NN)c2ncc(Br)cc2Br)cn1. The first-order valence-corrected chi connectivity index (χ1v) is 6.90. The van der Waals surface area contributed by atoms with E-state index in [4.69, 9.17) is 5.84 Å². The van der Waals surface area contributed by atoms with Crippen LogP contribution in [0.1, 0.15) is 23.0 Å². The monoisotopic (exact) mass is 370 g/mol. The van der Waals surface area contributed by atoms with E-state index in [2.05, 4.69) is 47.3 Å². The molecule has 0 amide bonds. The molecule has 1 unspecified atom stereocenters. The molecule has 4 nitrogen and oxygen atoms in total. The fraction of sp³-hybridized carbons (Fsp3) is 0.167. The number of nitrogens with two attached hydrogens (primary N) is 1. The highest BCUT2D eigenvalue weighted by molar-refractivity contribution is 9.11. The molecule has 1 atom stereocenters. The molecule has 0 spiro atoms. The van der Waals surface area contributed by atoms with Crippen LogP contribution >= 0.6 is 31.9 Å². The summed E-state index contributed by atoms with van der Waals surface area (Å²) in [6.07, 6.45) is 3.54. The van der Waals surface area contributed by atoms with Crippen molar-refractivity contribution in [2.45, 2.75) is 13.0 Å². The maximum atomic E-state index is 5.63. The molecule has 0 aliphatic heterocycles. The molecular formula is C12H12Br2N4. The average molecular weight is 372 g/mol. The van der Waals surface area contributed by atoms with E-state index < -0.39 is 0 Å². The first-order valence-electron chi connectivity index (χ1n) is 5.31. The van der Waals surface area contributed by atoms with Gasteiger partial charge < -0.3 is 0 Å². The van der Waals surface area contributed by atoms with Crippen LogP contribution in [0.25, 0.3) is 0 Å². The molecule has 0 radical (unpaired) electrons. The van der Waals surface area contributed by atoms with Gasteiger partial charge >= 0.3 is 0 Å². The molecule has 0 saturated carbocycles. The fourth-order valence-corrected chi connectivity index (χ4v) is 2.84. The summed E-state index contributed by atoms with van der Waals surface area (Å²) in [5.74, 6) is 5.63. The lowest BCUT2D eigenvalue weighted by molar-refractivity contribution is 0.615. The lowest BCUT2D eigenvalue weighted by Crippen LogP contribution is -2.30. The molecular weight excluding hydrogens is 360 g/mol. The van der Waals surface area contributed by atoms with Gasteiger partial charge in [-0.05, 0) is 56.5 Å². The summed E-state index contributed by atoms with van der Waals surface area (Å²) in [5, 5.41) is 0. The number of pyridine rings is 2. The smallest absolute Gasteiger partial charge is 0.0907 e. The normalized spacial score (nSPS) is 12.4. The molecule has 2 aromatic heterocycles. The van der Waals surface area contributed by atoms with Gasteiger partial charge in [0.2, 0.25) is 0 Å². The number of halogens is 2. The minimum Gasteiger partial charge on any atom is -0.271 e. The third-order valence-electron chi connectivity index (χ3n) is 2.54. The van der Waals surface area contributed by atoms with E-state index in [1.54, 1.807) is 12.4 Å². The molecule has 18 heavy (non-hydrogen) atoms. The van der Waals surface area contributed by atoms with Gasteiger partial charge in [-0.15, -0.1) is 0 Å². The van der Waals surface area contributed by atoms with Gasteiger partial charge in [0.15, 0.2) is 0 Å². The lowest BCUT2D eigenvalue weighted by atomic mass is 10.1. The molecule has 0 bridgehead atoms. The third-order valence-corrected chi connectivity index (χ3v) is 3.61. The Hall–Kier alpha value is -0.820. The highest BCUT2D eigenvalue weighted by Gasteiger charge is 2.17. The van der Waals surface area contributed by atoms with Gasteiger partial charge in [-0.2, -0.15) is 0 Å². The molecule has 6 heteroatoms. The molecule has 0 fully saturated rings. The molecule has 0 saturated heterocycles. The molecule has 2 aromatic rings. The number of nitrogens with one attached hydrogen (secondary N) is 1. The van der Waals surface area contributed by atoms with Crippen molar-refractivity contribution in [3.63, 3.8) is 0 Å². The van der Waals surface area contributed by atoms with Crippen molar-refractivity contribution in [2.75, 3.05) is 0 Å². The van der Waals surface area contributed by atoms with Crippen LogP contribution in [0.4, 0.5) is 0 Å². The zero-order valence-corrected chi connectivity index (χ0v) is 12.9. The van der Waals surface area contributed by atoms with Crippen LogP contribution in [0.2, 0.25) is 0 Å². The minimum absolute atomic E-state index is 0.194. The highest BCUT2D eigenvalue weighted by Crippen LogP contribution is 2.28. The highest BCUT2D eigenvalue weighted by atomic mass is 79.9. The Kier molecular flexibility index (Phi) is 4.45. The third kappa shape index (κ3) is 2.95. The molecule has 0 aliphatic carbocycles. The summed E-state index contributed by atoms with van der Waals surface area (Å²) in [4.78, 5) is 8.66. The lowest BCUT2D eigenvalue weighted by Gasteiger charge is -2.17. The Morgan fingerprint density at radius 1 is 1.22 bits per heavy atom. The molecule has 94 valence electrons. The van der Waals surface area contributed by atoms with E-state index in [0.717, 1.165) is 25.9 Å². The van der Waals surface area contributed by atoms with Crippen molar-refractivity contribution >= 4 is 31.9 Å². The standard InChI is InChI=1S/C12H12Br2N4/c1-7-2-3-8(5-16-7)11(18-15)12-10(14)4-9(13)6-17-12/h2-6,11,18H,15H2,1H3. The van der Waals surface area contributed by atoms with Crippen LogP contribution in [0.5, 0.6) is 0 Å².